The van der Waals surface area contributed by atoms with Crippen molar-refractivity contribution in [3.8, 4) is 11.5 Å². The first-order valence-corrected chi connectivity index (χ1v) is 12.8. The molecule has 5 rings (SSSR count). The molecule has 206 valence electrons. The highest BCUT2D eigenvalue weighted by Gasteiger charge is 2.37. The van der Waals surface area contributed by atoms with E-state index in [4.69, 9.17) is 14.2 Å². The van der Waals surface area contributed by atoms with Crippen LogP contribution in [0.15, 0.2) is 66.7 Å². The van der Waals surface area contributed by atoms with Crippen LogP contribution in [0.3, 0.4) is 0 Å². The number of nitrogens with one attached hydrogen (secondary N) is 2. The first-order valence-electron chi connectivity index (χ1n) is 12.8. The van der Waals surface area contributed by atoms with Gasteiger partial charge in [-0.05, 0) is 76.6 Å². The second kappa shape index (κ2) is 9.75. The number of amides is 1. The minimum Gasteiger partial charge on any atom is -0.508 e. The van der Waals surface area contributed by atoms with Crippen LogP contribution in [0.2, 0.25) is 0 Å². The van der Waals surface area contributed by atoms with Gasteiger partial charge in [0.25, 0.3) is 0 Å². The number of phenolic OH excluding ortho intramolecular Hbond substituents is 1. The molecule has 40 heavy (non-hydrogen) atoms. The Morgan fingerprint density at radius 3 is 2.50 bits per heavy atom. The molecule has 1 aliphatic heterocycles. The molecule has 3 N–H and O–H groups in total. The number of aromatic nitrogens is 1. The van der Waals surface area contributed by atoms with Gasteiger partial charge in [-0.1, -0.05) is 30.3 Å². The first-order chi connectivity index (χ1) is 18.8. The Morgan fingerprint density at radius 1 is 1.07 bits per heavy atom. The van der Waals surface area contributed by atoms with E-state index >= 15 is 0 Å². The Kier molecular flexibility index (Phi) is 6.53. The number of hydrogen-bond donors (Lipinski definition) is 3. The molecule has 0 bridgehead atoms. The van der Waals surface area contributed by atoms with E-state index in [-0.39, 0.29) is 23.8 Å². The van der Waals surface area contributed by atoms with Crippen LogP contribution in [-0.2, 0) is 21.7 Å². The van der Waals surface area contributed by atoms with Crippen LogP contribution in [-0.4, -0.2) is 33.2 Å². The van der Waals surface area contributed by atoms with Gasteiger partial charge in [0.2, 0.25) is 0 Å². The fourth-order valence-electron chi connectivity index (χ4n) is 4.69. The van der Waals surface area contributed by atoms with E-state index in [0.717, 1.165) is 5.56 Å². The van der Waals surface area contributed by atoms with Gasteiger partial charge in [-0.25, -0.2) is 14.2 Å². The molecule has 0 saturated heterocycles. The number of fused-ring (bicyclic) bond motifs is 2. The Morgan fingerprint density at radius 2 is 1.80 bits per heavy atom. The molecule has 2 heterocycles. The van der Waals surface area contributed by atoms with Crippen LogP contribution in [0.5, 0.6) is 11.5 Å². The highest BCUT2D eigenvalue weighted by atomic mass is 16.6. The van der Waals surface area contributed by atoms with E-state index < -0.39 is 23.4 Å². The van der Waals surface area contributed by atoms with Crippen molar-refractivity contribution in [1.29, 1.82) is 5.41 Å². The largest absolute Gasteiger partial charge is 0.508 e. The third-order valence-electron chi connectivity index (χ3n) is 6.47. The van der Waals surface area contributed by atoms with Crippen LogP contribution in [0.25, 0.3) is 10.9 Å². The van der Waals surface area contributed by atoms with Crippen molar-refractivity contribution >= 4 is 34.5 Å². The average Bonchev–Trinajstić information content (AvgIpc) is 3.25. The predicted molar refractivity (Wildman–Crippen MR) is 152 cm³/mol. The standard InChI is InChI=1S/C31H31N3O6/c1-30(2,3)40-29(37)34-24-12-11-20(35)13-19(24)14-25(34)26(32)22-15-21(38-17-18-9-7-6-8-10-18)16-23-27(22)33-28(36)39-31(23,4)5/h6-16,32,35H,17H2,1-5H3,(H,33,36). The van der Waals surface area contributed by atoms with Crippen molar-refractivity contribution < 1.29 is 28.9 Å². The molecular formula is C31H31N3O6. The van der Waals surface area contributed by atoms with Crippen LogP contribution in [0, 0.1) is 5.41 Å². The molecular weight excluding hydrogens is 510 g/mol. The molecule has 1 amide bonds. The lowest BCUT2D eigenvalue weighted by Gasteiger charge is -2.34. The number of carbonyl (C=O) groups excluding carboxylic acids is 2. The minimum absolute atomic E-state index is 0.0202. The van der Waals surface area contributed by atoms with Gasteiger partial charge in [-0.15, -0.1) is 0 Å². The van der Waals surface area contributed by atoms with Gasteiger partial charge in [-0.2, -0.15) is 0 Å². The molecule has 1 aromatic heterocycles. The number of cyclic esters (lactones) is 1. The molecule has 0 unspecified atom stereocenters. The zero-order valence-electron chi connectivity index (χ0n) is 23.0. The summed E-state index contributed by atoms with van der Waals surface area (Å²) < 4.78 is 18.7. The normalized spacial score (nSPS) is 14.2. The van der Waals surface area contributed by atoms with Gasteiger partial charge in [0.15, 0.2) is 0 Å². The molecule has 0 aliphatic carbocycles. The fraction of sp³-hybridized carbons (Fsp3) is 0.258. The second-order valence-electron chi connectivity index (χ2n) is 11.2. The van der Waals surface area contributed by atoms with Gasteiger partial charge in [0.05, 0.1) is 22.6 Å². The quantitative estimate of drug-likeness (QED) is 0.236. The maximum absolute atomic E-state index is 13.4. The smallest absolute Gasteiger partial charge is 0.419 e. The van der Waals surface area contributed by atoms with Crippen LogP contribution < -0.4 is 10.1 Å². The Bertz CT molecular complexity index is 1650. The molecule has 9 nitrogen and oxygen atoms in total. The number of anilines is 1. The van der Waals surface area contributed by atoms with Gasteiger partial charge in [0, 0.05) is 16.5 Å². The molecule has 0 saturated carbocycles. The van der Waals surface area contributed by atoms with Gasteiger partial charge in [0.1, 0.15) is 29.3 Å². The molecule has 0 spiro atoms. The Hall–Kier alpha value is -4.79. The summed E-state index contributed by atoms with van der Waals surface area (Å²) in [5.41, 5.74) is 1.14. The number of carbonyl (C=O) groups is 2. The first kappa shape index (κ1) is 26.8. The number of hydrogen-bond acceptors (Lipinski definition) is 7. The topological polar surface area (TPSA) is 123 Å². The van der Waals surface area contributed by atoms with E-state index in [1.165, 1.54) is 16.7 Å². The van der Waals surface area contributed by atoms with Crippen molar-refractivity contribution in [2.75, 3.05) is 5.32 Å². The predicted octanol–water partition coefficient (Wildman–Crippen LogP) is 6.92. The SMILES string of the molecule is CC(C)(C)OC(=O)n1c(C(=N)c2cc(OCc3ccccc3)cc3c2NC(=O)OC3(C)C)cc2cc(O)ccc21. The number of benzene rings is 3. The van der Waals surface area contributed by atoms with Crippen molar-refractivity contribution in [2.24, 2.45) is 0 Å². The summed E-state index contributed by atoms with van der Waals surface area (Å²) in [5, 5.41) is 22.7. The van der Waals surface area contributed by atoms with Crippen LogP contribution in [0.1, 0.15) is 57.0 Å². The van der Waals surface area contributed by atoms with Crippen LogP contribution >= 0.6 is 0 Å². The molecule has 0 atom stereocenters. The number of nitrogens with zero attached hydrogens (tertiary/aromatic N) is 1. The number of ether oxygens (including phenoxy) is 3. The van der Waals surface area contributed by atoms with E-state index in [1.54, 1.807) is 58.9 Å². The fourth-order valence-corrected chi connectivity index (χ4v) is 4.69. The van der Waals surface area contributed by atoms with Gasteiger partial charge >= 0.3 is 12.2 Å². The average molecular weight is 542 g/mol. The van der Waals surface area contributed by atoms with Gasteiger partial charge < -0.3 is 19.3 Å². The summed E-state index contributed by atoms with van der Waals surface area (Å²) in [6.07, 6.45) is -1.33. The number of phenols is 1. The van der Waals surface area contributed by atoms with Crippen molar-refractivity contribution in [3.05, 3.63) is 89.1 Å². The molecule has 0 fully saturated rings. The van der Waals surface area contributed by atoms with E-state index in [1.807, 2.05) is 30.3 Å². The summed E-state index contributed by atoms with van der Waals surface area (Å²) in [7, 11) is 0. The summed E-state index contributed by atoms with van der Waals surface area (Å²) >= 11 is 0. The highest BCUT2D eigenvalue weighted by Crippen LogP contribution is 2.41. The maximum atomic E-state index is 13.4. The molecule has 0 radical (unpaired) electrons. The lowest BCUT2D eigenvalue weighted by atomic mass is 9.90. The minimum atomic E-state index is -1.01. The molecule has 1 aliphatic rings. The Labute approximate surface area is 231 Å². The Balaban J connectivity index is 1.67. The lowest BCUT2D eigenvalue weighted by molar-refractivity contribution is 0.0417. The molecule has 9 heteroatoms. The van der Waals surface area contributed by atoms with E-state index in [9.17, 15) is 20.1 Å². The van der Waals surface area contributed by atoms with E-state index in [2.05, 4.69) is 5.32 Å². The zero-order valence-corrected chi connectivity index (χ0v) is 23.0. The van der Waals surface area contributed by atoms with Crippen molar-refractivity contribution in [2.45, 2.75) is 52.4 Å². The van der Waals surface area contributed by atoms with Gasteiger partial charge in [-0.3, -0.25) is 10.7 Å². The summed E-state index contributed by atoms with van der Waals surface area (Å²) in [6, 6.07) is 19.3. The maximum Gasteiger partial charge on any atom is 0.419 e. The number of aromatic hydroxyl groups is 1. The summed E-state index contributed by atoms with van der Waals surface area (Å²) in [5.74, 6) is 0.486. The number of rotatable bonds is 5. The third-order valence-corrected chi connectivity index (χ3v) is 6.47. The second-order valence-corrected chi connectivity index (χ2v) is 11.2. The summed E-state index contributed by atoms with van der Waals surface area (Å²) in [4.78, 5) is 25.9. The monoisotopic (exact) mass is 541 g/mol. The van der Waals surface area contributed by atoms with Crippen LogP contribution in [0.4, 0.5) is 15.3 Å². The van der Waals surface area contributed by atoms with E-state index in [0.29, 0.717) is 33.5 Å². The third kappa shape index (κ3) is 5.22. The lowest BCUT2D eigenvalue weighted by Crippen LogP contribution is -2.36. The summed E-state index contributed by atoms with van der Waals surface area (Å²) in [6.45, 7) is 9.09. The van der Waals surface area contributed by atoms with Crippen molar-refractivity contribution in [1.82, 2.24) is 4.57 Å². The van der Waals surface area contributed by atoms with Crippen molar-refractivity contribution in [3.63, 3.8) is 0 Å². The highest BCUT2D eigenvalue weighted by molar-refractivity contribution is 6.18. The zero-order chi connectivity index (χ0) is 28.8. The molecule has 3 aromatic carbocycles. The molecule has 4 aromatic rings.